The molecule has 1 aliphatic heterocycles. The number of aromatic nitrogens is 3. The molecule has 2 aromatic heterocycles. The third-order valence-corrected chi connectivity index (χ3v) is 6.00. The number of imidazole rings is 1. The van der Waals surface area contributed by atoms with E-state index in [9.17, 15) is 14.0 Å². The summed E-state index contributed by atoms with van der Waals surface area (Å²) in [6, 6.07) is 11.6. The molecule has 1 aliphatic rings. The number of benzene rings is 2. The van der Waals surface area contributed by atoms with Crippen LogP contribution in [0, 0.1) is 5.82 Å². The maximum absolute atomic E-state index is 13.9. The molecule has 4 aromatic rings. The molecule has 166 valence electrons. The van der Waals surface area contributed by atoms with E-state index in [1.54, 1.807) is 23.6 Å². The van der Waals surface area contributed by atoms with E-state index in [0.717, 1.165) is 31.9 Å². The van der Waals surface area contributed by atoms with Gasteiger partial charge in [-0.2, -0.15) is 0 Å². The van der Waals surface area contributed by atoms with Gasteiger partial charge in [-0.05, 0) is 30.3 Å². The summed E-state index contributed by atoms with van der Waals surface area (Å²) in [6.07, 6.45) is 0. The zero-order valence-electron chi connectivity index (χ0n) is 16.4. The Morgan fingerprint density at radius 3 is 2.75 bits per heavy atom. The van der Waals surface area contributed by atoms with Gasteiger partial charge in [0.05, 0.1) is 22.4 Å². The van der Waals surface area contributed by atoms with Crippen LogP contribution in [-0.2, 0) is 0 Å². The van der Waals surface area contributed by atoms with Crippen molar-refractivity contribution in [3.63, 3.8) is 0 Å². The van der Waals surface area contributed by atoms with Crippen molar-refractivity contribution >= 4 is 39.7 Å². The lowest BCUT2D eigenvalue weighted by Crippen LogP contribution is -2.43. The van der Waals surface area contributed by atoms with Crippen LogP contribution in [0.1, 0.15) is 17.9 Å². The Hall–Kier alpha value is -3.50. The molecule has 0 radical (unpaired) electrons. The van der Waals surface area contributed by atoms with Crippen LogP contribution in [0.25, 0.3) is 16.2 Å². The van der Waals surface area contributed by atoms with Crippen molar-refractivity contribution in [2.75, 3.05) is 36.4 Å². The number of fused-ring (bicyclic) bond motifs is 1. The minimum atomic E-state index is -0.461. The molecule has 0 atom stereocenters. The number of carbonyl (C=O) groups is 1. The molecule has 2 aromatic carbocycles. The van der Waals surface area contributed by atoms with Crippen molar-refractivity contribution < 1.29 is 9.18 Å². The number of nitrogens with one attached hydrogen (secondary N) is 3. The first-order valence-electron chi connectivity index (χ1n) is 9.82. The summed E-state index contributed by atoms with van der Waals surface area (Å²) in [5.74, 6) is -0.893. The number of thiazole rings is 1. The number of amides is 1. The quantitative estimate of drug-likeness (QED) is 0.440. The first kappa shape index (κ1) is 21.7. The number of hydrogen-bond acceptors (Lipinski definition) is 6. The van der Waals surface area contributed by atoms with E-state index in [2.05, 4.69) is 25.5 Å². The Morgan fingerprint density at radius 1 is 1.16 bits per heavy atom. The summed E-state index contributed by atoms with van der Waals surface area (Å²) in [5, 5.41) is 8.03. The van der Waals surface area contributed by atoms with Crippen molar-refractivity contribution in [2.24, 2.45) is 0 Å². The molecule has 0 unspecified atom stereocenters. The first-order valence-corrected chi connectivity index (χ1v) is 10.7. The average Bonchev–Trinajstić information content (AvgIpc) is 3.38. The molecular weight excluding hydrogens is 431 g/mol. The zero-order valence-corrected chi connectivity index (χ0v) is 17.2. The SMILES string of the molecule is C.O=C(Nc1cc(F)ccc1N1CCNCC1)c1csc(-n2c(=O)[nH]c3ccccc32)n1. The van der Waals surface area contributed by atoms with Gasteiger partial charge in [-0.1, -0.05) is 19.6 Å². The van der Waals surface area contributed by atoms with Gasteiger partial charge in [0.2, 0.25) is 0 Å². The second-order valence-electron chi connectivity index (χ2n) is 7.15. The van der Waals surface area contributed by atoms with Gasteiger partial charge in [0, 0.05) is 31.6 Å². The fraction of sp³-hybridized carbons (Fsp3) is 0.227. The second-order valence-corrected chi connectivity index (χ2v) is 7.99. The molecule has 3 N–H and O–H groups in total. The highest BCUT2D eigenvalue weighted by Gasteiger charge is 2.19. The maximum Gasteiger partial charge on any atom is 0.332 e. The monoisotopic (exact) mass is 454 g/mol. The van der Waals surface area contributed by atoms with E-state index in [-0.39, 0.29) is 18.8 Å². The number of anilines is 2. The molecule has 0 bridgehead atoms. The van der Waals surface area contributed by atoms with Crippen LogP contribution in [0.5, 0.6) is 0 Å². The Balaban J connectivity index is 0.00000245. The van der Waals surface area contributed by atoms with Crippen LogP contribution in [0.4, 0.5) is 15.8 Å². The van der Waals surface area contributed by atoms with E-state index >= 15 is 0 Å². The minimum Gasteiger partial charge on any atom is -0.367 e. The summed E-state index contributed by atoms with van der Waals surface area (Å²) in [4.78, 5) is 34.5. The van der Waals surface area contributed by atoms with Gasteiger partial charge in [-0.15, -0.1) is 11.3 Å². The van der Waals surface area contributed by atoms with Gasteiger partial charge >= 0.3 is 5.69 Å². The van der Waals surface area contributed by atoms with Crippen molar-refractivity contribution in [3.8, 4) is 5.13 Å². The van der Waals surface area contributed by atoms with Crippen LogP contribution in [0.15, 0.2) is 52.6 Å². The molecule has 0 spiro atoms. The Bertz CT molecular complexity index is 1320. The summed E-state index contributed by atoms with van der Waals surface area (Å²) in [6.45, 7) is 3.16. The standard InChI is InChI=1S/C21H19FN6O2S.CH4/c22-13-5-6-17(27-9-7-23-8-10-27)15(11-13)24-19(29)16-12-31-21(26-16)28-18-4-2-1-3-14(18)25-20(28)30;/h1-6,11-12,23H,7-10H2,(H,24,29)(H,25,30);1H4. The van der Waals surface area contributed by atoms with E-state index in [1.165, 1.54) is 28.0 Å². The predicted octanol–water partition coefficient (Wildman–Crippen LogP) is 3.21. The van der Waals surface area contributed by atoms with Crippen molar-refractivity contribution in [1.29, 1.82) is 0 Å². The molecule has 1 saturated heterocycles. The summed E-state index contributed by atoms with van der Waals surface area (Å²) in [5.41, 5.74) is 2.36. The molecule has 8 nitrogen and oxygen atoms in total. The van der Waals surface area contributed by atoms with E-state index in [0.29, 0.717) is 21.9 Å². The molecule has 3 heterocycles. The van der Waals surface area contributed by atoms with Crippen LogP contribution >= 0.6 is 11.3 Å². The van der Waals surface area contributed by atoms with Crippen LogP contribution in [0.3, 0.4) is 0 Å². The molecule has 0 aliphatic carbocycles. The van der Waals surface area contributed by atoms with Crippen molar-refractivity contribution in [1.82, 2.24) is 19.9 Å². The molecule has 1 fully saturated rings. The van der Waals surface area contributed by atoms with E-state index in [4.69, 9.17) is 0 Å². The predicted molar refractivity (Wildman–Crippen MR) is 126 cm³/mol. The highest BCUT2D eigenvalue weighted by molar-refractivity contribution is 7.12. The van der Waals surface area contributed by atoms with Crippen molar-refractivity contribution in [3.05, 3.63) is 69.8 Å². The van der Waals surface area contributed by atoms with E-state index < -0.39 is 11.7 Å². The lowest BCUT2D eigenvalue weighted by atomic mass is 10.2. The Labute approximate surface area is 187 Å². The normalized spacial score (nSPS) is 13.7. The number of aromatic amines is 1. The highest BCUT2D eigenvalue weighted by Crippen LogP contribution is 2.28. The average molecular weight is 455 g/mol. The topological polar surface area (TPSA) is 95.0 Å². The third-order valence-electron chi connectivity index (χ3n) is 5.17. The number of H-pyrrole nitrogens is 1. The van der Waals surface area contributed by atoms with E-state index in [1.807, 2.05) is 12.1 Å². The number of halogens is 1. The number of para-hydroxylation sites is 2. The number of hydrogen-bond donors (Lipinski definition) is 3. The Kier molecular flexibility index (Phi) is 6.06. The smallest absolute Gasteiger partial charge is 0.332 e. The van der Waals surface area contributed by atoms with Gasteiger partial charge in [-0.3, -0.25) is 4.79 Å². The fourth-order valence-corrected chi connectivity index (χ4v) is 4.51. The molecule has 10 heteroatoms. The number of carbonyl (C=O) groups excluding carboxylic acids is 1. The molecular formula is C22H23FN6O2S. The lowest BCUT2D eigenvalue weighted by Gasteiger charge is -2.31. The lowest BCUT2D eigenvalue weighted by molar-refractivity contribution is 0.102. The Morgan fingerprint density at radius 2 is 1.94 bits per heavy atom. The first-order chi connectivity index (χ1) is 15.1. The number of piperazine rings is 1. The van der Waals surface area contributed by atoms with Crippen molar-refractivity contribution in [2.45, 2.75) is 7.43 Å². The zero-order chi connectivity index (χ0) is 21.4. The second kappa shape index (κ2) is 8.93. The van der Waals surface area contributed by atoms with Gasteiger partial charge in [-0.25, -0.2) is 18.7 Å². The van der Waals surface area contributed by atoms with Gasteiger partial charge in [0.25, 0.3) is 5.91 Å². The highest BCUT2D eigenvalue weighted by atomic mass is 32.1. The third kappa shape index (κ3) is 4.02. The summed E-state index contributed by atoms with van der Waals surface area (Å²) in [7, 11) is 0. The number of rotatable bonds is 4. The van der Waals surface area contributed by atoms with Gasteiger partial charge in [0.15, 0.2) is 5.13 Å². The van der Waals surface area contributed by atoms with Crippen LogP contribution in [0.2, 0.25) is 0 Å². The minimum absolute atomic E-state index is 0. The molecule has 0 saturated carbocycles. The fourth-order valence-electron chi connectivity index (χ4n) is 3.69. The van der Waals surface area contributed by atoms with Crippen LogP contribution < -0.4 is 21.2 Å². The molecule has 32 heavy (non-hydrogen) atoms. The van der Waals surface area contributed by atoms with Gasteiger partial charge < -0.3 is 20.5 Å². The number of nitrogens with zero attached hydrogens (tertiary/aromatic N) is 3. The molecule has 5 rings (SSSR count). The largest absolute Gasteiger partial charge is 0.367 e. The summed E-state index contributed by atoms with van der Waals surface area (Å²) < 4.78 is 15.3. The summed E-state index contributed by atoms with van der Waals surface area (Å²) >= 11 is 1.19. The van der Waals surface area contributed by atoms with Gasteiger partial charge in [0.1, 0.15) is 11.5 Å². The van der Waals surface area contributed by atoms with Crippen LogP contribution in [-0.4, -0.2) is 46.6 Å². The molecule has 1 amide bonds. The maximum atomic E-state index is 13.9.